The highest BCUT2D eigenvalue weighted by Crippen LogP contribution is 2.27. The molecule has 3 aromatic rings. The minimum Gasteiger partial charge on any atom is -0.322 e. The van der Waals surface area contributed by atoms with Crippen molar-refractivity contribution in [2.45, 2.75) is 10.1 Å². The van der Waals surface area contributed by atoms with E-state index in [1.54, 1.807) is 18.5 Å². The van der Waals surface area contributed by atoms with Gasteiger partial charge in [0.05, 0.1) is 5.56 Å². The fraction of sp³-hybridized carbons (Fsp3) is 0.0625. The number of carbonyl (C=O) groups excluding carboxylic acids is 1. The van der Waals surface area contributed by atoms with Gasteiger partial charge in [0.2, 0.25) is 0 Å². The molecule has 1 N–H and O–H groups in total. The van der Waals surface area contributed by atoms with Crippen LogP contribution in [0.5, 0.6) is 0 Å². The van der Waals surface area contributed by atoms with Crippen LogP contribution in [0.3, 0.4) is 0 Å². The predicted molar refractivity (Wildman–Crippen MR) is 93.6 cm³/mol. The van der Waals surface area contributed by atoms with Gasteiger partial charge in [-0.2, -0.15) is 0 Å². The molecule has 0 bridgehead atoms. The summed E-state index contributed by atoms with van der Waals surface area (Å²) in [6.45, 7) is 0. The SMILES string of the molecule is Cn1cnnc1Sc1ccc(NC(=O)c2cc(F)ccc2Br)cc1. The Morgan fingerprint density at radius 3 is 2.67 bits per heavy atom. The Balaban J connectivity index is 1.71. The molecule has 5 nitrogen and oxygen atoms in total. The van der Waals surface area contributed by atoms with Crippen LogP contribution in [0, 0.1) is 5.82 Å². The van der Waals surface area contributed by atoms with Gasteiger partial charge in [-0.3, -0.25) is 4.79 Å². The highest BCUT2D eigenvalue weighted by molar-refractivity contribution is 9.10. The van der Waals surface area contributed by atoms with Gasteiger partial charge in [-0.1, -0.05) is 0 Å². The molecule has 0 saturated carbocycles. The minimum atomic E-state index is -0.459. The van der Waals surface area contributed by atoms with Crippen molar-refractivity contribution >= 4 is 39.3 Å². The maximum atomic E-state index is 13.3. The molecule has 0 atom stereocenters. The zero-order valence-corrected chi connectivity index (χ0v) is 14.9. The summed E-state index contributed by atoms with van der Waals surface area (Å²) in [5.41, 5.74) is 0.867. The van der Waals surface area contributed by atoms with E-state index in [0.29, 0.717) is 10.2 Å². The van der Waals surface area contributed by atoms with Crippen molar-refractivity contribution in [2.75, 3.05) is 5.32 Å². The van der Waals surface area contributed by atoms with Crippen molar-refractivity contribution in [1.82, 2.24) is 14.8 Å². The first-order valence-corrected chi connectivity index (χ1v) is 8.52. The third kappa shape index (κ3) is 3.82. The average molecular weight is 407 g/mol. The Bertz CT molecular complexity index is 882. The molecule has 1 amide bonds. The summed E-state index contributed by atoms with van der Waals surface area (Å²) < 4.78 is 15.7. The lowest BCUT2D eigenvalue weighted by atomic mass is 10.2. The summed E-state index contributed by atoms with van der Waals surface area (Å²) in [5.74, 6) is -0.839. The van der Waals surface area contributed by atoms with E-state index in [0.717, 1.165) is 10.1 Å². The first kappa shape index (κ1) is 16.7. The Labute approximate surface area is 150 Å². The lowest BCUT2D eigenvalue weighted by molar-refractivity contribution is 0.102. The molecular weight excluding hydrogens is 395 g/mol. The second kappa shape index (κ2) is 7.14. The van der Waals surface area contributed by atoms with Gasteiger partial charge in [0.25, 0.3) is 5.91 Å². The number of benzene rings is 2. The highest BCUT2D eigenvalue weighted by atomic mass is 79.9. The molecule has 0 spiro atoms. The van der Waals surface area contributed by atoms with Crippen molar-refractivity contribution in [3.8, 4) is 0 Å². The van der Waals surface area contributed by atoms with Gasteiger partial charge in [0.15, 0.2) is 5.16 Å². The molecule has 8 heteroatoms. The van der Waals surface area contributed by atoms with Crippen LogP contribution < -0.4 is 5.32 Å². The molecule has 24 heavy (non-hydrogen) atoms. The number of nitrogens with zero attached hydrogens (tertiary/aromatic N) is 3. The topological polar surface area (TPSA) is 59.8 Å². The molecule has 0 radical (unpaired) electrons. The average Bonchev–Trinajstić information content (AvgIpc) is 2.96. The van der Waals surface area contributed by atoms with Crippen LogP contribution in [-0.2, 0) is 7.05 Å². The number of carbonyl (C=O) groups is 1. The number of nitrogens with one attached hydrogen (secondary N) is 1. The van der Waals surface area contributed by atoms with E-state index in [1.807, 2.05) is 23.7 Å². The Morgan fingerprint density at radius 2 is 2.00 bits per heavy atom. The molecule has 122 valence electrons. The molecule has 2 aromatic carbocycles. The lowest BCUT2D eigenvalue weighted by Crippen LogP contribution is -2.12. The van der Waals surface area contributed by atoms with Gasteiger partial charge in [0, 0.05) is 22.1 Å². The van der Waals surface area contributed by atoms with E-state index in [1.165, 1.54) is 30.0 Å². The van der Waals surface area contributed by atoms with Crippen LogP contribution in [0.15, 0.2) is 63.3 Å². The first-order valence-electron chi connectivity index (χ1n) is 6.91. The van der Waals surface area contributed by atoms with Crippen LogP contribution in [0.2, 0.25) is 0 Å². The van der Waals surface area contributed by atoms with Gasteiger partial charge in [0.1, 0.15) is 12.1 Å². The number of hydrogen-bond donors (Lipinski definition) is 1. The van der Waals surface area contributed by atoms with E-state index in [9.17, 15) is 9.18 Å². The summed E-state index contributed by atoms with van der Waals surface area (Å²) >= 11 is 4.72. The minimum absolute atomic E-state index is 0.243. The molecule has 0 saturated heterocycles. The van der Waals surface area contributed by atoms with Crippen molar-refractivity contribution in [3.63, 3.8) is 0 Å². The van der Waals surface area contributed by atoms with E-state index >= 15 is 0 Å². The number of aryl methyl sites for hydroxylation is 1. The first-order chi connectivity index (χ1) is 11.5. The molecule has 0 unspecified atom stereocenters. The van der Waals surface area contributed by atoms with E-state index in [4.69, 9.17) is 0 Å². The lowest BCUT2D eigenvalue weighted by Gasteiger charge is -2.08. The third-order valence-corrected chi connectivity index (χ3v) is 4.92. The van der Waals surface area contributed by atoms with Gasteiger partial charge >= 0.3 is 0 Å². The van der Waals surface area contributed by atoms with E-state index in [2.05, 4.69) is 31.4 Å². The number of aromatic nitrogens is 3. The Kier molecular flexibility index (Phi) is 4.96. The van der Waals surface area contributed by atoms with Gasteiger partial charge in [-0.25, -0.2) is 4.39 Å². The quantitative estimate of drug-likeness (QED) is 0.707. The van der Waals surface area contributed by atoms with E-state index < -0.39 is 5.82 Å². The monoisotopic (exact) mass is 406 g/mol. The summed E-state index contributed by atoms with van der Waals surface area (Å²) in [7, 11) is 1.87. The number of amides is 1. The third-order valence-electron chi connectivity index (χ3n) is 3.16. The largest absolute Gasteiger partial charge is 0.322 e. The summed E-state index contributed by atoms with van der Waals surface area (Å²) in [6, 6.07) is 11.3. The molecule has 0 aliphatic carbocycles. The molecule has 3 rings (SSSR count). The summed E-state index contributed by atoms with van der Waals surface area (Å²) in [5, 5.41) is 11.3. The number of halogens is 2. The molecule has 0 aliphatic rings. The molecule has 1 aromatic heterocycles. The van der Waals surface area contributed by atoms with Crippen molar-refractivity contribution in [1.29, 1.82) is 0 Å². The standard InChI is InChI=1S/C16H12BrFN4OS/c1-22-9-19-21-16(22)24-12-5-3-11(4-6-12)20-15(23)13-8-10(18)2-7-14(13)17/h2-9H,1H3,(H,20,23). The van der Waals surface area contributed by atoms with E-state index in [-0.39, 0.29) is 11.5 Å². The zero-order chi connectivity index (χ0) is 17.1. The van der Waals surface area contributed by atoms with Crippen molar-refractivity contribution < 1.29 is 9.18 Å². The number of anilines is 1. The van der Waals surface area contributed by atoms with Gasteiger partial charge in [-0.15, -0.1) is 10.2 Å². The molecule has 0 aliphatic heterocycles. The highest BCUT2D eigenvalue weighted by Gasteiger charge is 2.12. The van der Waals surface area contributed by atoms with Gasteiger partial charge in [-0.05, 0) is 70.2 Å². The zero-order valence-electron chi connectivity index (χ0n) is 12.5. The van der Waals surface area contributed by atoms with Crippen LogP contribution >= 0.6 is 27.7 Å². The summed E-state index contributed by atoms with van der Waals surface area (Å²) in [6.07, 6.45) is 1.63. The number of rotatable bonds is 4. The van der Waals surface area contributed by atoms with Crippen LogP contribution in [0.4, 0.5) is 10.1 Å². The van der Waals surface area contributed by atoms with Crippen LogP contribution in [0.1, 0.15) is 10.4 Å². The second-order valence-electron chi connectivity index (χ2n) is 4.93. The fourth-order valence-corrected chi connectivity index (χ4v) is 3.14. The number of hydrogen-bond acceptors (Lipinski definition) is 4. The van der Waals surface area contributed by atoms with Crippen LogP contribution in [-0.4, -0.2) is 20.7 Å². The Morgan fingerprint density at radius 1 is 1.25 bits per heavy atom. The molecular formula is C16H12BrFN4OS. The second-order valence-corrected chi connectivity index (χ2v) is 6.82. The van der Waals surface area contributed by atoms with Crippen LogP contribution in [0.25, 0.3) is 0 Å². The van der Waals surface area contributed by atoms with Crippen molar-refractivity contribution in [2.24, 2.45) is 7.05 Å². The molecule has 0 fully saturated rings. The van der Waals surface area contributed by atoms with Gasteiger partial charge < -0.3 is 9.88 Å². The smallest absolute Gasteiger partial charge is 0.256 e. The Hall–Kier alpha value is -2.19. The maximum absolute atomic E-state index is 13.3. The normalized spacial score (nSPS) is 10.6. The summed E-state index contributed by atoms with van der Waals surface area (Å²) in [4.78, 5) is 13.2. The fourth-order valence-electron chi connectivity index (χ4n) is 1.95. The predicted octanol–water partition coefficient (Wildman–Crippen LogP) is 4.12. The maximum Gasteiger partial charge on any atom is 0.256 e. The molecule has 1 heterocycles. The van der Waals surface area contributed by atoms with Crippen molar-refractivity contribution in [3.05, 3.63) is 64.6 Å².